The van der Waals surface area contributed by atoms with Gasteiger partial charge in [0.1, 0.15) is 5.69 Å². The van der Waals surface area contributed by atoms with Crippen molar-refractivity contribution < 1.29 is 0 Å². The number of hydrogen-bond acceptors (Lipinski definition) is 5. The van der Waals surface area contributed by atoms with E-state index in [4.69, 9.17) is 0 Å². The molecule has 0 bridgehead atoms. The summed E-state index contributed by atoms with van der Waals surface area (Å²) in [6, 6.07) is 0. The molecule has 1 aromatic rings. The molecule has 1 aromatic heterocycles. The van der Waals surface area contributed by atoms with E-state index in [1.54, 1.807) is 6.92 Å². The third-order valence-electron chi connectivity index (χ3n) is 2.11. The molecular weight excluding hydrogens is 206 g/mol. The smallest absolute Gasteiger partial charge is 0.274 e. The summed E-state index contributed by atoms with van der Waals surface area (Å²) in [5, 5.41) is 11.6. The van der Waals surface area contributed by atoms with E-state index in [2.05, 4.69) is 32.6 Å². The summed E-state index contributed by atoms with van der Waals surface area (Å²) in [7, 11) is 0. The number of rotatable bonds is 5. The van der Waals surface area contributed by atoms with Crippen molar-refractivity contribution in [3.63, 3.8) is 0 Å². The zero-order valence-electron chi connectivity index (χ0n) is 9.87. The van der Waals surface area contributed by atoms with Crippen molar-refractivity contribution in [2.45, 2.75) is 40.0 Å². The minimum Gasteiger partial charge on any atom is -0.288 e. The van der Waals surface area contributed by atoms with Crippen LogP contribution in [-0.2, 0) is 0 Å². The summed E-state index contributed by atoms with van der Waals surface area (Å²) < 4.78 is 0. The molecule has 2 N–H and O–H groups in total. The third-order valence-corrected chi connectivity index (χ3v) is 2.11. The summed E-state index contributed by atoms with van der Waals surface area (Å²) in [6.07, 6.45) is 3.17. The van der Waals surface area contributed by atoms with Crippen molar-refractivity contribution in [2.24, 2.45) is 5.10 Å². The van der Waals surface area contributed by atoms with Gasteiger partial charge in [-0.15, -0.1) is 10.2 Å². The highest BCUT2D eigenvalue weighted by atomic mass is 16.1. The van der Waals surface area contributed by atoms with Gasteiger partial charge in [-0.1, -0.05) is 13.3 Å². The van der Waals surface area contributed by atoms with Crippen LogP contribution in [0.3, 0.4) is 0 Å². The Morgan fingerprint density at radius 3 is 2.88 bits per heavy atom. The molecule has 6 heteroatoms. The van der Waals surface area contributed by atoms with E-state index >= 15 is 0 Å². The second-order valence-electron chi connectivity index (χ2n) is 3.65. The molecule has 0 unspecified atom stereocenters. The van der Waals surface area contributed by atoms with Crippen molar-refractivity contribution in [1.29, 1.82) is 0 Å². The SMILES string of the molecule is CCCC/C(C)=N\Nc1nnc(C)c(=O)[nH]1. The van der Waals surface area contributed by atoms with Crippen molar-refractivity contribution in [1.82, 2.24) is 15.2 Å². The first-order chi connectivity index (χ1) is 7.63. The van der Waals surface area contributed by atoms with Crippen LogP contribution in [0.25, 0.3) is 0 Å². The van der Waals surface area contributed by atoms with E-state index in [1.807, 2.05) is 6.92 Å². The second-order valence-corrected chi connectivity index (χ2v) is 3.65. The number of H-pyrrole nitrogens is 1. The summed E-state index contributed by atoms with van der Waals surface area (Å²) in [5.41, 5.74) is 3.75. The van der Waals surface area contributed by atoms with Crippen LogP contribution < -0.4 is 11.0 Å². The number of nitrogens with one attached hydrogen (secondary N) is 2. The monoisotopic (exact) mass is 223 g/mol. The van der Waals surface area contributed by atoms with Crippen LogP contribution in [0.1, 0.15) is 38.8 Å². The minimum absolute atomic E-state index is 0.251. The third kappa shape index (κ3) is 3.80. The Kier molecular flexibility index (Phi) is 4.63. The van der Waals surface area contributed by atoms with Crippen LogP contribution >= 0.6 is 0 Å². The van der Waals surface area contributed by atoms with Gasteiger partial charge < -0.3 is 0 Å². The Morgan fingerprint density at radius 2 is 2.25 bits per heavy atom. The fraction of sp³-hybridized carbons (Fsp3) is 0.600. The van der Waals surface area contributed by atoms with Gasteiger partial charge in [0.25, 0.3) is 5.56 Å². The fourth-order valence-corrected chi connectivity index (χ4v) is 1.08. The van der Waals surface area contributed by atoms with Crippen LogP contribution in [0.15, 0.2) is 9.90 Å². The van der Waals surface area contributed by atoms with E-state index in [0.717, 1.165) is 25.0 Å². The second kappa shape index (κ2) is 5.99. The Bertz CT molecular complexity index is 423. The lowest BCUT2D eigenvalue weighted by molar-refractivity contribution is 0.830. The number of hydrogen-bond donors (Lipinski definition) is 2. The maximum absolute atomic E-state index is 11.2. The average molecular weight is 223 g/mol. The normalized spacial score (nSPS) is 11.6. The number of unbranched alkanes of at least 4 members (excludes halogenated alkanes) is 1. The number of hydrazone groups is 1. The Labute approximate surface area is 94.2 Å². The Balaban J connectivity index is 2.60. The lowest BCUT2D eigenvalue weighted by Gasteiger charge is -2.01. The van der Waals surface area contributed by atoms with Gasteiger partial charge >= 0.3 is 0 Å². The van der Waals surface area contributed by atoms with Crippen molar-refractivity contribution in [3.05, 3.63) is 16.0 Å². The topological polar surface area (TPSA) is 83.0 Å². The molecule has 6 nitrogen and oxygen atoms in total. The molecule has 1 rings (SSSR count). The van der Waals surface area contributed by atoms with Gasteiger partial charge in [0.2, 0.25) is 5.95 Å². The summed E-state index contributed by atoms with van der Waals surface area (Å²) in [5.74, 6) is 0.270. The summed E-state index contributed by atoms with van der Waals surface area (Å²) in [6.45, 7) is 5.66. The zero-order valence-corrected chi connectivity index (χ0v) is 9.87. The van der Waals surface area contributed by atoms with Crippen LogP contribution in [0.5, 0.6) is 0 Å². The molecule has 0 atom stereocenters. The minimum atomic E-state index is -0.251. The van der Waals surface area contributed by atoms with Crippen LogP contribution in [0, 0.1) is 6.92 Å². The molecule has 0 aromatic carbocycles. The zero-order chi connectivity index (χ0) is 12.0. The Hall–Kier alpha value is -1.72. The van der Waals surface area contributed by atoms with Gasteiger partial charge in [0, 0.05) is 5.71 Å². The molecule has 0 aliphatic carbocycles. The molecule has 0 amide bonds. The summed E-state index contributed by atoms with van der Waals surface area (Å²) >= 11 is 0. The largest absolute Gasteiger partial charge is 0.288 e. The van der Waals surface area contributed by atoms with Crippen LogP contribution in [-0.4, -0.2) is 20.9 Å². The van der Waals surface area contributed by atoms with Gasteiger partial charge in [-0.25, -0.2) is 5.43 Å². The lowest BCUT2D eigenvalue weighted by Crippen LogP contribution is -2.15. The summed E-state index contributed by atoms with van der Waals surface area (Å²) in [4.78, 5) is 13.7. The van der Waals surface area contributed by atoms with Gasteiger partial charge in [-0.3, -0.25) is 9.78 Å². The van der Waals surface area contributed by atoms with E-state index < -0.39 is 0 Å². The van der Waals surface area contributed by atoms with E-state index in [1.165, 1.54) is 0 Å². The van der Waals surface area contributed by atoms with Gasteiger partial charge in [-0.05, 0) is 26.7 Å². The highest BCUT2D eigenvalue weighted by Gasteiger charge is 1.98. The standard InChI is InChI=1S/C10H17N5O/c1-4-5-6-7(2)12-14-10-11-9(16)8(3)13-15-10/h4-6H2,1-3H3,(H2,11,14,15,16)/b12-7-. The molecule has 0 saturated carbocycles. The molecule has 88 valence electrons. The molecule has 16 heavy (non-hydrogen) atoms. The van der Waals surface area contributed by atoms with Crippen molar-refractivity contribution in [2.75, 3.05) is 5.43 Å². The van der Waals surface area contributed by atoms with Crippen molar-refractivity contribution in [3.8, 4) is 0 Å². The number of anilines is 1. The Morgan fingerprint density at radius 1 is 1.50 bits per heavy atom. The predicted octanol–water partition coefficient (Wildman–Crippen LogP) is 1.45. The maximum atomic E-state index is 11.2. The maximum Gasteiger partial charge on any atom is 0.274 e. The highest BCUT2D eigenvalue weighted by molar-refractivity contribution is 5.82. The fourth-order valence-electron chi connectivity index (χ4n) is 1.08. The molecule has 0 spiro atoms. The van der Waals surface area contributed by atoms with E-state index in [-0.39, 0.29) is 11.5 Å². The number of aromatic nitrogens is 3. The van der Waals surface area contributed by atoms with Gasteiger partial charge in [0.05, 0.1) is 0 Å². The first-order valence-electron chi connectivity index (χ1n) is 5.36. The molecule has 0 saturated heterocycles. The molecular formula is C10H17N5O. The number of aromatic amines is 1. The quantitative estimate of drug-likeness (QED) is 0.584. The number of aryl methyl sites for hydroxylation is 1. The average Bonchev–Trinajstić information content (AvgIpc) is 2.28. The molecule has 0 fully saturated rings. The molecule has 0 aliphatic rings. The molecule has 0 aliphatic heterocycles. The predicted molar refractivity (Wildman–Crippen MR) is 63.6 cm³/mol. The molecule has 1 heterocycles. The van der Waals surface area contributed by atoms with Gasteiger partial charge in [-0.2, -0.15) is 5.10 Å². The number of nitrogens with zero attached hydrogens (tertiary/aromatic N) is 3. The van der Waals surface area contributed by atoms with E-state index in [9.17, 15) is 4.79 Å². The molecule has 0 radical (unpaired) electrons. The highest BCUT2D eigenvalue weighted by Crippen LogP contribution is 1.98. The van der Waals surface area contributed by atoms with Crippen molar-refractivity contribution >= 4 is 11.7 Å². The lowest BCUT2D eigenvalue weighted by atomic mass is 10.2. The first kappa shape index (κ1) is 12.4. The van der Waals surface area contributed by atoms with Crippen LogP contribution in [0.4, 0.5) is 5.95 Å². The van der Waals surface area contributed by atoms with E-state index in [0.29, 0.717) is 5.69 Å². The van der Waals surface area contributed by atoms with Gasteiger partial charge in [0.15, 0.2) is 0 Å². The van der Waals surface area contributed by atoms with Crippen LogP contribution in [0.2, 0.25) is 0 Å². The first-order valence-corrected chi connectivity index (χ1v) is 5.36.